The molecule has 24 heavy (non-hydrogen) atoms. The van der Waals surface area contributed by atoms with Gasteiger partial charge in [-0.25, -0.2) is 0 Å². The Morgan fingerprint density at radius 1 is 1.25 bits per heavy atom. The van der Waals surface area contributed by atoms with E-state index in [-0.39, 0.29) is 11.2 Å². The highest BCUT2D eigenvalue weighted by molar-refractivity contribution is 7.84. The molecule has 0 amide bonds. The fraction of sp³-hybridized carbons (Fsp3) is 0.500. The highest BCUT2D eigenvalue weighted by Crippen LogP contribution is 2.56. The quantitative estimate of drug-likeness (QED) is 0.891. The molecule has 1 aromatic rings. The summed E-state index contributed by atoms with van der Waals surface area (Å²) in [5, 5.41) is 4.94. The van der Waals surface area contributed by atoms with Crippen molar-refractivity contribution in [3.63, 3.8) is 0 Å². The Hall–Kier alpha value is -1.66. The summed E-state index contributed by atoms with van der Waals surface area (Å²) in [6.07, 6.45) is 6.57. The molecule has 5 nitrogen and oxygen atoms in total. The number of aryl methyl sites for hydroxylation is 1. The van der Waals surface area contributed by atoms with E-state index in [1.165, 1.54) is 5.57 Å². The van der Waals surface area contributed by atoms with Crippen LogP contribution in [0.1, 0.15) is 43.7 Å². The standard InChI is InChI=1S/C18H21NO4S/c1-18-9-8-14-13-5-3-12(23-24(19,21)22)10-11(13)2-4-15(14)16(18)6-7-17(18)20/h3,5,8,10,15-16H,2,4,6-7,9H2,1H3,(H2,19,21,22)/t15-,16+,18+/m1/s1. The van der Waals surface area contributed by atoms with E-state index in [0.717, 1.165) is 36.8 Å². The van der Waals surface area contributed by atoms with Gasteiger partial charge in [0.05, 0.1) is 0 Å². The van der Waals surface area contributed by atoms with Crippen LogP contribution in [0.4, 0.5) is 0 Å². The van der Waals surface area contributed by atoms with Crippen molar-refractivity contribution in [1.29, 1.82) is 0 Å². The summed E-state index contributed by atoms with van der Waals surface area (Å²) < 4.78 is 27.0. The van der Waals surface area contributed by atoms with Gasteiger partial charge in [-0.3, -0.25) is 4.79 Å². The first-order valence-electron chi connectivity index (χ1n) is 8.37. The lowest BCUT2D eigenvalue weighted by Gasteiger charge is -2.43. The van der Waals surface area contributed by atoms with Gasteiger partial charge in [0.15, 0.2) is 0 Å². The topological polar surface area (TPSA) is 86.5 Å². The van der Waals surface area contributed by atoms with E-state index in [4.69, 9.17) is 9.32 Å². The molecule has 1 fully saturated rings. The van der Waals surface area contributed by atoms with E-state index in [1.807, 2.05) is 6.07 Å². The molecular formula is C18H21NO4S. The molecule has 0 saturated heterocycles. The predicted molar refractivity (Wildman–Crippen MR) is 90.4 cm³/mol. The van der Waals surface area contributed by atoms with Gasteiger partial charge in [-0.2, -0.15) is 13.6 Å². The van der Waals surface area contributed by atoms with E-state index in [1.54, 1.807) is 12.1 Å². The number of carbonyl (C=O) groups excluding carboxylic acids is 1. The van der Waals surface area contributed by atoms with Gasteiger partial charge >= 0.3 is 10.3 Å². The summed E-state index contributed by atoms with van der Waals surface area (Å²) in [7, 11) is -4.01. The second-order valence-electron chi connectivity index (χ2n) is 7.39. The number of hydrogen-bond donors (Lipinski definition) is 1. The number of ketones is 1. The van der Waals surface area contributed by atoms with Crippen LogP contribution in [0.25, 0.3) is 5.57 Å². The number of fused-ring (bicyclic) bond motifs is 5. The maximum absolute atomic E-state index is 12.3. The van der Waals surface area contributed by atoms with Gasteiger partial charge in [0.25, 0.3) is 0 Å². The largest absolute Gasteiger partial charge is 0.380 e. The zero-order valence-electron chi connectivity index (χ0n) is 13.6. The first kappa shape index (κ1) is 15.8. The predicted octanol–water partition coefficient (Wildman–Crippen LogP) is 2.60. The van der Waals surface area contributed by atoms with Crippen LogP contribution in [0.15, 0.2) is 24.3 Å². The molecule has 4 rings (SSSR count). The Balaban J connectivity index is 1.71. The fourth-order valence-corrected chi connectivity index (χ4v) is 5.29. The highest BCUT2D eigenvalue weighted by atomic mass is 32.2. The van der Waals surface area contributed by atoms with E-state index in [2.05, 4.69) is 13.0 Å². The summed E-state index contributed by atoms with van der Waals surface area (Å²) in [5.41, 5.74) is 3.37. The number of hydrogen-bond acceptors (Lipinski definition) is 4. The third-order valence-electron chi connectivity index (χ3n) is 6.09. The minimum atomic E-state index is -4.01. The third kappa shape index (κ3) is 2.40. The second kappa shape index (κ2) is 5.17. The Bertz CT molecular complexity index is 858. The first-order chi connectivity index (χ1) is 11.3. The lowest BCUT2D eigenvalue weighted by atomic mass is 9.60. The van der Waals surface area contributed by atoms with Crippen LogP contribution in [-0.4, -0.2) is 14.2 Å². The van der Waals surface area contributed by atoms with Crippen LogP contribution >= 0.6 is 0 Å². The summed E-state index contributed by atoms with van der Waals surface area (Å²) >= 11 is 0. The number of Topliss-reactive ketones (excluding diaryl/α,β-unsaturated/α-hetero) is 1. The van der Waals surface area contributed by atoms with Gasteiger partial charge < -0.3 is 4.18 Å². The van der Waals surface area contributed by atoms with Crippen molar-refractivity contribution in [2.24, 2.45) is 22.4 Å². The van der Waals surface area contributed by atoms with Crippen LogP contribution < -0.4 is 9.32 Å². The van der Waals surface area contributed by atoms with Crippen LogP contribution in [0.5, 0.6) is 5.75 Å². The number of benzene rings is 1. The average Bonchev–Trinajstić information content (AvgIpc) is 2.81. The molecule has 0 radical (unpaired) electrons. The van der Waals surface area contributed by atoms with Gasteiger partial charge in [-0.15, -0.1) is 0 Å². The van der Waals surface area contributed by atoms with Crippen molar-refractivity contribution in [3.8, 4) is 5.75 Å². The van der Waals surface area contributed by atoms with Crippen molar-refractivity contribution < 1.29 is 17.4 Å². The monoisotopic (exact) mass is 347 g/mol. The number of carbonyl (C=O) groups is 1. The van der Waals surface area contributed by atoms with Crippen molar-refractivity contribution in [3.05, 3.63) is 35.4 Å². The van der Waals surface area contributed by atoms with Crippen LogP contribution in [0, 0.1) is 17.3 Å². The molecule has 0 spiro atoms. The van der Waals surface area contributed by atoms with Gasteiger partial charge in [0.2, 0.25) is 0 Å². The molecule has 6 heteroatoms. The maximum Gasteiger partial charge on any atom is 0.380 e. The lowest BCUT2D eigenvalue weighted by molar-refractivity contribution is -0.126. The SMILES string of the molecule is C[C@]12CC=C3c4ccc(OS(N)(=O)=O)cc4CC[C@H]3[C@@H]1CCC2=O. The van der Waals surface area contributed by atoms with Crippen molar-refractivity contribution >= 4 is 21.7 Å². The van der Waals surface area contributed by atoms with Crippen molar-refractivity contribution in [2.75, 3.05) is 0 Å². The fourth-order valence-electron chi connectivity index (χ4n) is 4.92. The molecule has 0 unspecified atom stereocenters. The van der Waals surface area contributed by atoms with Gasteiger partial charge in [-0.05, 0) is 66.4 Å². The van der Waals surface area contributed by atoms with Crippen LogP contribution in [0.2, 0.25) is 0 Å². The Morgan fingerprint density at radius 2 is 2.04 bits per heavy atom. The zero-order chi connectivity index (χ0) is 17.1. The zero-order valence-corrected chi connectivity index (χ0v) is 14.4. The van der Waals surface area contributed by atoms with E-state index >= 15 is 0 Å². The second-order valence-corrected chi connectivity index (χ2v) is 8.54. The van der Waals surface area contributed by atoms with E-state index in [9.17, 15) is 13.2 Å². The van der Waals surface area contributed by atoms with E-state index in [0.29, 0.717) is 24.0 Å². The highest BCUT2D eigenvalue weighted by Gasteiger charge is 2.51. The van der Waals surface area contributed by atoms with E-state index < -0.39 is 10.3 Å². The van der Waals surface area contributed by atoms with Gasteiger partial charge in [0, 0.05) is 11.8 Å². The Labute approximate surface area is 142 Å². The minimum Gasteiger partial charge on any atom is -0.371 e. The van der Waals surface area contributed by atoms with Crippen molar-refractivity contribution in [1.82, 2.24) is 0 Å². The Morgan fingerprint density at radius 3 is 2.79 bits per heavy atom. The molecular weight excluding hydrogens is 326 g/mol. The Kier molecular flexibility index (Phi) is 3.41. The molecule has 2 N–H and O–H groups in total. The third-order valence-corrected chi connectivity index (χ3v) is 6.52. The molecule has 0 bridgehead atoms. The number of allylic oxidation sites excluding steroid dienone is 2. The summed E-state index contributed by atoms with van der Waals surface area (Å²) in [6, 6.07) is 5.34. The van der Waals surface area contributed by atoms with Gasteiger partial charge in [0.1, 0.15) is 11.5 Å². The number of nitrogens with two attached hydrogens (primary N) is 1. The average molecular weight is 347 g/mol. The van der Waals surface area contributed by atoms with Crippen LogP contribution in [-0.2, 0) is 21.5 Å². The smallest absolute Gasteiger partial charge is 0.371 e. The summed E-state index contributed by atoms with van der Waals surface area (Å²) in [4.78, 5) is 12.3. The molecule has 0 heterocycles. The molecule has 1 saturated carbocycles. The minimum absolute atomic E-state index is 0.192. The lowest BCUT2D eigenvalue weighted by Crippen LogP contribution is -2.38. The molecule has 3 aliphatic rings. The van der Waals surface area contributed by atoms with Gasteiger partial charge in [-0.1, -0.05) is 19.1 Å². The molecule has 128 valence electrons. The first-order valence-corrected chi connectivity index (χ1v) is 9.84. The van der Waals surface area contributed by atoms with Crippen LogP contribution in [0.3, 0.4) is 0 Å². The molecule has 3 atom stereocenters. The molecule has 0 aliphatic heterocycles. The summed E-state index contributed by atoms with van der Waals surface area (Å²) in [6.45, 7) is 2.12. The maximum atomic E-state index is 12.3. The number of rotatable bonds is 2. The molecule has 1 aromatic carbocycles. The summed E-state index contributed by atoms with van der Waals surface area (Å²) in [5.74, 6) is 1.52. The molecule has 0 aromatic heterocycles. The van der Waals surface area contributed by atoms with Crippen molar-refractivity contribution in [2.45, 2.75) is 39.0 Å². The normalized spacial score (nSPS) is 31.8. The molecule has 3 aliphatic carbocycles.